The smallest absolute Gasteiger partial charge is 0.405 e. The van der Waals surface area contributed by atoms with E-state index in [-0.39, 0.29) is 17.4 Å². The molecule has 0 radical (unpaired) electrons. The van der Waals surface area contributed by atoms with Gasteiger partial charge >= 0.3 is 6.36 Å². The van der Waals surface area contributed by atoms with E-state index in [4.69, 9.17) is 0 Å². The minimum atomic E-state index is -4.81. The Morgan fingerprint density at radius 2 is 2.00 bits per heavy atom. The predicted molar refractivity (Wildman–Crippen MR) is 64.6 cm³/mol. The van der Waals surface area contributed by atoms with Crippen LogP contribution >= 0.6 is 0 Å². The van der Waals surface area contributed by atoms with Gasteiger partial charge in [-0.1, -0.05) is 12.1 Å². The van der Waals surface area contributed by atoms with Gasteiger partial charge in [0, 0.05) is 25.6 Å². The van der Waals surface area contributed by atoms with Gasteiger partial charge in [0.1, 0.15) is 5.75 Å². The van der Waals surface area contributed by atoms with Crippen molar-refractivity contribution in [2.75, 3.05) is 19.6 Å². The molecule has 2 heterocycles. The first-order valence-electron chi connectivity index (χ1n) is 6.33. The third-order valence-electron chi connectivity index (χ3n) is 3.78. The lowest BCUT2D eigenvalue weighted by molar-refractivity contribution is -0.274. The summed E-state index contributed by atoms with van der Waals surface area (Å²) in [6.07, 6.45) is -4.81. The molecule has 2 N–H and O–H groups in total. The van der Waals surface area contributed by atoms with E-state index in [1.54, 1.807) is 6.07 Å². The van der Waals surface area contributed by atoms with Crippen LogP contribution in [0.4, 0.5) is 13.2 Å². The first kappa shape index (κ1) is 13.2. The Labute approximate surface area is 113 Å². The lowest BCUT2D eigenvalue weighted by Crippen LogP contribution is -2.29. The van der Waals surface area contributed by atoms with Gasteiger partial charge in [-0.05, 0) is 17.5 Å². The summed E-state index contributed by atoms with van der Waals surface area (Å²) in [6.45, 7) is 1.85. The van der Waals surface area contributed by atoms with Crippen LogP contribution in [-0.4, -0.2) is 31.9 Å². The van der Waals surface area contributed by atoms with Gasteiger partial charge in [0.2, 0.25) is 0 Å². The second-order valence-electron chi connectivity index (χ2n) is 5.00. The highest BCUT2D eigenvalue weighted by atomic mass is 19.4. The molecule has 0 spiro atoms. The van der Waals surface area contributed by atoms with E-state index in [0.717, 1.165) is 6.54 Å². The zero-order chi connectivity index (χ0) is 14.3. The van der Waals surface area contributed by atoms with Gasteiger partial charge in [-0.3, -0.25) is 4.79 Å². The number of carbonyl (C=O) groups is 1. The number of halogens is 3. The van der Waals surface area contributed by atoms with Gasteiger partial charge in [0.25, 0.3) is 5.91 Å². The molecule has 1 fully saturated rings. The van der Waals surface area contributed by atoms with Crippen LogP contribution in [0.1, 0.15) is 21.8 Å². The Bertz CT molecular complexity index is 545. The van der Waals surface area contributed by atoms with Crippen molar-refractivity contribution >= 4 is 5.91 Å². The maximum Gasteiger partial charge on any atom is 0.573 e. The van der Waals surface area contributed by atoms with Crippen molar-refractivity contribution < 1.29 is 22.7 Å². The van der Waals surface area contributed by atoms with E-state index in [1.165, 1.54) is 12.1 Å². The molecular weight excluding hydrogens is 273 g/mol. The molecular formula is C13H13F3N2O2. The van der Waals surface area contributed by atoms with Crippen molar-refractivity contribution in [1.82, 2.24) is 10.6 Å². The molecule has 1 amide bonds. The summed E-state index contributed by atoms with van der Waals surface area (Å²) in [5.74, 6) is -0.712. The molecule has 2 atom stereocenters. The van der Waals surface area contributed by atoms with Crippen LogP contribution in [0.3, 0.4) is 0 Å². The summed E-state index contributed by atoms with van der Waals surface area (Å²) in [7, 11) is 0. The van der Waals surface area contributed by atoms with Crippen molar-refractivity contribution in [3.05, 3.63) is 29.3 Å². The van der Waals surface area contributed by atoms with Crippen molar-refractivity contribution in [2.24, 2.45) is 5.92 Å². The Morgan fingerprint density at radius 1 is 1.20 bits per heavy atom. The van der Waals surface area contributed by atoms with Crippen molar-refractivity contribution in [3.63, 3.8) is 0 Å². The highest BCUT2D eigenvalue weighted by Gasteiger charge is 2.38. The van der Waals surface area contributed by atoms with Crippen LogP contribution < -0.4 is 15.4 Å². The summed E-state index contributed by atoms with van der Waals surface area (Å²) < 4.78 is 41.3. The van der Waals surface area contributed by atoms with E-state index >= 15 is 0 Å². The SMILES string of the molecule is O=C1NCC2CNCC2c2cccc(OC(F)(F)F)c21. The third kappa shape index (κ3) is 2.33. The first-order chi connectivity index (χ1) is 9.46. The van der Waals surface area contributed by atoms with E-state index in [9.17, 15) is 18.0 Å². The molecule has 2 aliphatic rings. The van der Waals surface area contributed by atoms with Crippen LogP contribution in [-0.2, 0) is 0 Å². The molecule has 4 nitrogen and oxygen atoms in total. The summed E-state index contributed by atoms with van der Waals surface area (Å²) in [5, 5.41) is 5.87. The molecule has 108 valence electrons. The molecule has 3 rings (SSSR count). The molecule has 7 heteroatoms. The van der Waals surface area contributed by atoms with Gasteiger partial charge in [-0.2, -0.15) is 0 Å². The summed E-state index contributed by atoms with van der Waals surface area (Å²) in [4.78, 5) is 12.1. The number of hydrogen-bond donors (Lipinski definition) is 2. The van der Waals surface area contributed by atoms with E-state index in [1.807, 2.05) is 0 Å². The Kier molecular flexibility index (Phi) is 3.08. The second-order valence-corrected chi connectivity index (χ2v) is 5.00. The van der Waals surface area contributed by atoms with E-state index in [2.05, 4.69) is 15.4 Å². The molecule has 0 aromatic heterocycles. The molecule has 2 unspecified atom stereocenters. The number of rotatable bonds is 1. The number of nitrogens with one attached hydrogen (secondary N) is 2. The highest BCUT2D eigenvalue weighted by Crippen LogP contribution is 2.37. The molecule has 1 aromatic carbocycles. The topological polar surface area (TPSA) is 50.4 Å². The number of alkyl halides is 3. The molecule has 0 aliphatic carbocycles. The fourth-order valence-corrected chi connectivity index (χ4v) is 2.93. The predicted octanol–water partition coefficient (Wildman–Crippen LogP) is 1.63. The first-order valence-corrected chi connectivity index (χ1v) is 6.33. The van der Waals surface area contributed by atoms with Gasteiger partial charge in [0.15, 0.2) is 0 Å². The monoisotopic (exact) mass is 286 g/mol. The fraction of sp³-hybridized carbons (Fsp3) is 0.462. The van der Waals surface area contributed by atoms with Gasteiger partial charge < -0.3 is 15.4 Å². The number of carbonyl (C=O) groups excluding carboxylic acids is 1. The molecule has 2 aliphatic heterocycles. The van der Waals surface area contributed by atoms with Gasteiger partial charge in [-0.15, -0.1) is 13.2 Å². The minimum absolute atomic E-state index is 0.000949. The Balaban J connectivity index is 2.08. The minimum Gasteiger partial charge on any atom is -0.405 e. The molecule has 0 bridgehead atoms. The number of fused-ring (bicyclic) bond motifs is 3. The lowest BCUT2D eigenvalue weighted by atomic mass is 9.87. The number of amides is 1. The average molecular weight is 286 g/mol. The summed E-state index contributed by atoms with van der Waals surface area (Å²) in [6, 6.07) is 4.37. The second kappa shape index (κ2) is 4.66. The van der Waals surface area contributed by atoms with E-state index in [0.29, 0.717) is 18.7 Å². The molecule has 1 saturated heterocycles. The maximum absolute atomic E-state index is 12.4. The summed E-state index contributed by atoms with van der Waals surface area (Å²) >= 11 is 0. The normalized spacial score (nSPS) is 25.4. The van der Waals surface area contributed by atoms with Crippen LogP contribution in [0.5, 0.6) is 5.75 Å². The Morgan fingerprint density at radius 3 is 2.75 bits per heavy atom. The van der Waals surface area contributed by atoms with Crippen molar-refractivity contribution in [1.29, 1.82) is 0 Å². The van der Waals surface area contributed by atoms with Gasteiger partial charge in [0.05, 0.1) is 5.56 Å². The zero-order valence-corrected chi connectivity index (χ0v) is 10.5. The van der Waals surface area contributed by atoms with Crippen LogP contribution in [0, 0.1) is 5.92 Å². The molecule has 0 saturated carbocycles. The lowest BCUT2D eigenvalue weighted by Gasteiger charge is -2.18. The van der Waals surface area contributed by atoms with Crippen LogP contribution in [0.2, 0.25) is 0 Å². The fourth-order valence-electron chi connectivity index (χ4n) is 2.93. The molecule has 1 aromatic rings. The largest absolute Gasteiger partial charge is 0.573 e. The van der Waals surface area contributed by atoms with Crippen LogP contribution in [0.25, 0.3) is 0 Å². The average Bonchev–Trinajstić information content (AvgIpc) is 2.77. The summed E-state index contributed by atoms with van der Waals surface area (Å²) in [5.41, 5.74) is 0.623. The quantitative estimate of drug-likeness (QED) is 0.825. The number of benzene rings is 1. The standard InChI is InChI=1S/C13H13F3N2O2/c14-13(15,16)20-10-3-1-2-8-9-6-17-4-7(9)5-18-12(19)11(8)10/h1-3,7,9,17H,4-6H2,(H,18,19). The molecule has 20 heavy (non-hydrogen) atoms. The Hall–Kier alpha value is -1.76. The third-order valence-corrected chi connectivity index (χ3v) is 3.78. The number of ether oxygens (including phenoxy) is 1. The van der Waals surface area contributed by atoms with Crippen molar-refractivity contribution in [2.45, 2.75) is 12.3 Å². The van der Waals surface area contributed by atoms with E-state index < -0.39 is 18.0 Å². The maximum atomic E-state index is 12.4. The highest BCUT2D eigenvalue weighted by molar-refractivity contribution is 5.99. The zero-order valence-electron chi connectivity index (χ0n) is 10.5. The van der Waals surface area contributed by atoms with Crippen molar-refractivity contribution in [3.8, 4) is 5.75 Å². The van der Waals surface area contributed by atoms with Crippen LogP contribution in [0.15, 0.2) is 18.2 Å². The van der Waals surface area contributed by atoms with Gasteiger partial charge in [-0.25, -0.2) is 0 Å². The number of hydrogen-bond acceptors (Lipinski definition) is 3.